The van der Waals surface area contributed by atoms with Crippen LogP contribution in [0.3, 0.4) is 0 Å². The minimum Gasteiger partial charge on any atom is -0.383 e. The van der Waals surface area contributed by atoms with Gasteiger partial charge in [0.15, 0.2) is 0 Å². The molecule has 1 N–H and O–H groups in total. The number of rotatable bonds is 8. The highest BCUT2D eigenvalue weighted by atomic mass is 16.5. The lowest BCUT2D eigenvalue weighted by Gasteiger charge is -2.28. The van der Waals surface area contributed by atoms with Crippen LogP contribution < -0.4 is 5.32 Å². The molecule has 0 aromatic heterocycles. The number of ether oxygens (including phenoxy) is 2. The zero-order valence-corrected chi connectivity index (χ0v) is 13.4. The van der Waals surface area contributed by atoms with Crippen LogP contribution in [0.2, 0.25) is 0 Å². The van der Waals surface area contributed by atoms with Gasteiger partial charge in [0, 0.05) is 33.8 Å². The third-order valence-corrected chi connectivity index (χ3v) is 3.57. The number of methoxy groups -OCH3 is 1. The van der Waals surface area contributed by atoms with E-state index in [1.165, 1.54) is 4.90 Å². The second-order valence-corrected chi connectivity index (χ2v) is 5.35. The van der Waals surface area contributed by atoms with Crippen LogP contribution in [-0.2, 0) is 19.1 Å². The average molecular weight is 301 g/mol. The molecule has 1 aliphatic heterocycles. The predicted octanol–water partition coefficient (Wildman–Crippen LogP) is -0.826. The highest BCUT2D eigenvalue weighted by Crippen LogP contribution is 2.17. The zero-order valence-electron chi connectivity index (χ0n) is 13.4. The second-order valence-electron chi connectivity index (χ2n) is 5.35. The lowest BCUT2D eigenvalue weighted by molar-refractivity contribution is -0.142. The SMILES string of the molecule is CCNC1COCC1C(=O)N(CCOC)CC(=O)N(C)C. The summed E-state index contributed by atoms with van der Waals surface area (Å²) in [7, 11) is 4.94. The van der Waals surface area contributed by atoms with E-state index in [9.17, 15) is 9.59 Å². The van der Waals surface area contributed by atoms with Gasteiger partial charge in [0.05, 0.1) is 32.3 Å². The van der Waals surface area contributed by atoms with Crippen LogP contribution >= 0.6 is 0 Å². The molecule has 0 aromatic carbocycles. The molecule has 1 rings (SSSR count). The van der Waals surface area contributed by atoms with Crippen molar-refractivity contribution in [2.24, 2.45) is 5.92 Å². The third kappa shape index (κ3) is 5.26. The smallest absolute Gasteiger partial charge is 0.241 e. The van der Waals surface area contributed by atoms with Gasteiger partial charge in [0.2, 0.25) is 11.8 Å². The molecule has 2 unspecified atom stereocenters. The Hall–Kier alpha value is -1.18. The fourth-order valence-electron chi connectivity index (χ4n) is 2.27. The molecule has 21 heavy (non-hydrogen) atoms. The van der Waals surface area contributed by atoms with Gasteiger partial charge in [-0.3, -0.25) is 9.59 Å². The summed E-state index contributed by atoms with van der Waals surface area (Å²) in [5.74, 6) is -0.388. The molecule has 0 saturated carbocycles. The summed E-state index contributed by atoms with van der Waals surface area (Å²) in [6.45, 7) is 4.60. The Kier molecular flexibility index (Phi) is 7.63. The molecular formula is C14H27N3O4. The first-order chi connectivity index (χ1) is 10.0. The maximum atomic E-state index is 12.7. The van der Waals surface area contributed by atoms with Crippen LogP contribution in [0.5, 0.6) is 0 Å². The van der Waals surface area contributed by atoms with Gasteiger partial charge in [-0.2, -0.15) is 0 Å². The Morgan fingerprint density at radius 1 is 1.33 bits per heavy atom. The van der Waals surface area contributed by atoms with Crippen molar-refractivity contribution in [2.45, 2.75) is 13.0 Å². The monoisotopic (exact) mass is 301 g/mol. The number of nitrogens with one attached hydrogen (secondary N) is 1. The molecule has 1 saturated heterocycles. The van der Waals surface area contributed by atoms with Crippen molar-refractivity contribution < 1.29 is 19.1 Å². The van der Waals surface area contributed by atoms with Crippen molar-refractivity contribution in [3.05, 3.63) is 0 Å². The molecule has 0 bridgehead atoms. The first kappa shape index (κ1) is 17.9. The summed E-state index contributed by atoms with van der Waals surface area (Å²) >= 11 is 0. The first-order valence-electron chi connectivity index (χ1n) is 7.30. The number of nitrogens with zero attached hydrogens (tertiary/aromatic N) is 2. The molecule has 0 aromatic rings. The topological polar surface area (TPSA) is 71.1 Å². The summed E-state index contributed by atoms with van der Waals surface area (Å²) in [5, 5.41) is 3.26. The lowest BCUT2D eigenvalue weighted by atomic mass is 10.0. The zero-order chi connectivity index (χ0) is 15.8. The van der Waals surface area contributed by atoms with Gasteiger partial charge in [-0.1, -0.05) is 6.92 Å². The minimum absolute atomic E-state index is 0.0157. The van der Waals surface area contributed by atoms with Crippen molar-refractivity contribution in [1.82, 2.24) is 15.1 Å². The van der Waals surface area contributed by atoms with E-state index in [0.29, 0.717) is 26.4 Å². The Morgan fingerprint density at radius 3 is 2.62 bits per heavy atom. The van der Waals surface area contributed by atoms with Crippen molar-refractivity contribution in [3.8, 4) is 0 Å². The van der Waals surface area contributed by atoms with E-state index in [-0.39, 0.29) is 30.3 Å². The Morgan fingerprint density at radius 2 is 2.05 bits per heavy atom. The van der Waals surface area contributed by atoms with Crippen LogP contribution in [-0.4, -0.2) is 88.3 Å². The van der Waals surface area contributed by atoms with Gasteiger partial charge < -0.3 is 24.6 Å². The van der Waals surface area contributed by atoms with Crippen LogP contribution in [0, 0.1) is 5.92 Å². The number of likely N-dealkylation sites (N-methyl/N-ethyl adjacent to an activating group) is 2. The summed E-state index contributed by atoms with van der Waals surface area (Å²) < 4.78 is 10.4. The number of hydrogen-bond acceptors (Lipinski definition) is 5. The molecule has 0 radical (unpaired) electrons. The number of hydrogen-bond donors (Lipinski definition) is 1. The standard InChI is InChI=1S/C14H27N3O4/c1-5-15-12-10-21-9-11(12)14(19)17(6-7-20-4)8-13(18)16(2)3/h11-12,15H,5-10H2,1-4H3. The van der Waals surface area contributed by atoms with Gasteiger partial charge in [0.1, 0.15) is 0 Å². The molecule has 1 aliphatic rings. The Labute approximate surface area is 126 Å². The summed E-state index contributed by atoms with van der Waals surface area (Å²) in [5.41, 5.74) is 0. The van der Waals surface area contributed by atoms with Gasteiger partial charge in [0.25, 0.3) is 0 Å². The maximum Gasteiger partial charge on any atom is 0.241 e. The van der Waals surface area contributed by atoms with Crippen molar-refractivity contribution in [3.63, 3.8) is 0 Å². The third-order valence-electron chi connectivity index (χ3n) is 3.57. The predicted molar refractivity (Wildman–Crippen MR) is 78.9 cm³/mol. The Balaban J connectivity index is 2.71. The molecule has 0 aliphatic carbocycles. The van der Waals surface area contributed by atoms with Crippen LogP contribution in [0.4, 0.5) is 0 Å². The Bertz CT molecular complexity index is 349. The normalized spacial score (nSPS) is 21.3. The molecule has 7 heteroatoms. The molecule has 2 amide bonds. The minimum atomic E-state index is -0.239. The molecule has 0 spiro atoms. The fourth-order valence-corrected chi connectivity index (χ4v) is 2.27. The number of carbonyl (C=O) groups is 2. The molecule has 2 atom stereocenters. The van der Waals surface area contributed by atoms with E-state index in [1.54, 1.807) is 26.1 Å². The van der Waals surface area contributed by atoms with Crippen LogP contribution in [0.1, 0.15) is 6.92 Å². The molecule has 1 fully saturated rings. The van der Waals surface area contributed by atoms with Gasteiger partial charge in [-0.05, 0) is 6.54 Å². The molecule has 1 heterocycles. The van der Waals surface area contributed by atoms with Crippen molar-refractivity contribution >= 4 is 11.8 Å². The summed E-state index contributed by atoms with van der Waals surface area (Å²) in [6, 6.07) is 0.0157. The molecule has 7 nitrogen and oxygen atoms in total. The summed E-state index contributed by atoms with van der Waals surface area (Å²) in [6.07, 6.45) is 0. The number of amides is 2. The molecule has 122 valence electrons. The maximum absolute atomic E-state index is 12.7. The average Bonchev–Trinajstić information content (AvgIpc) is 2.90. The van der Waals surface area contributed by atoms with E-state index in [2.05, 4.69) is 5.32 Å². The molecular weight excluding hydrogens is 274 g/mol. The number of carbonyl (C=O) groups excluding carboxylic acids is 2. The van der Waals surface area contributed by atoms with Gasteiger partial charge in [-0.25, -0.2) is 0 Å². The van der Waals surface area contributed by atoms with E-state index >= 15 is 0 Å². The first-order valence-corrected chi connectivity index (χ1v) is 7.30. The van der Waals surface area contributed by atoms with Crippen molar-refractivity contribution in [2.75, 3.05) is 60.7 Å². The van der Waals surface area contributed by atoms with Crippen LogP contribution in [0.15, 0.2) is 0 Å². The second kappa shape index (κ2) is 8.96. The van der Waals surface area contributed by atoms with E-state index in [0.717, 1.165) is 6.54 Å². The van der Waals surface area contributed by atoms with Crippen LogP contribution in [0.25, 0.3) is 0 Å². The highest BCUT2D eigenvalue weighted by molar-refractivity contribution is 5.86. The van der Waals surface area contributed by atoms with E-state index in [1.807, 2.05) is 6.92 Å². The quantitative estimate of drug-likeness (QED) is 0.634. The fraction of sp³-hybridized carbons (Fsp3) is 0.857. The van der Waals surface area contributed by atoms with E-state index < -0.39 is 0 Å². The van der Waals surface area contributed by atoms with Gasteiger partial charge in [-0.15, -0.1) is 0 Å². The largest absolute Gasteiger partial charge is 0.383 e. The van der Waals surface area contributed by atoms with E-state index in [4.69, 9.17) is 9.47 Å². The summed E-state index contributed by atoms with van der Waals surface area (Å²) in [4.78, 5) is 27.6. The highest BCUT2D eigenvalue weighted by Gasteiger charge is 2.36. The lowest BCUT2D eigenvalue weighted by Crippen LogP contribution is -2.49. The van der Waals surface area contributed by atoms with Crippen molar-refractivity contribution in [1.29, 1.82) is 0 Å². The van der Waals surface area contributed by atoms with Gasteiger partial charge >= 0.3 is 0 Å².